The summed E-state index contributed by atoms with van der Waals surface area (Å²) in [7, 11) is 2.59. The van der Waals surface area contributed by atoms with Crippen LogP contribution in [0, 0.1) is 23.7 Å². The summed E-state index contributed by atoms with van der Waals surface area (Å²) in [5.41, 5.74) is 8.83. The van der Waals surface area contributed by atoms with E-state index in [0.717, 1.165) is 60.3 Å². The number of hydrogen-bond donors (Lipinski definition) is 4. The van der Waals surface area contributed by atoms with E-state index in [1.807, 2.05) is 43.7 Å². The molecule has 14 nitrogen and oxygen atoms in total. The van der Waals surface area contributed by atoms with Gasteiger partial charge in [0.05, 0.1) is 44.4 Å². The van der Waals surface area contributed by atoms with Gasteiger partial charge in [-0.15, -0.1) is 0 Å². The van der Waals surface area contributed by atoms with Gasteiger partial charge in [-0.3, -0.25) is 9.59 Å². The van der Waals surface area contributed by atoms with Crippen LogP contribution in [-0.2, 0) is 19.1 Å². The molecule has 2 aliphatic heterocycles. The van der Waals surface area contributed by atoms with Crippen molar-refractivity contribution < 1.29 is 28.7 Å². The van der Waals surface area contributed by atoms with E-state index in [1.54, 1.807) is 6.20 Å². The summed E-state index contributed by atoms with van der Waals surface area (Å²) in [5, 5.41) is 5.42. The van der Waals surface area contributed by atoms with E-state index >= 15 is 0 Å². The molecule has 320 valence electrons. The van der Waals surface area contributed by atoms with Crippen molar-refractivity contribution in [2.24, 2.45) is 11.8 Å². The number of nitrogens with one attached hydrogen (secondary N) is 4. The Balaban J connectivity index is 0.984. The molecular weight excluding hydrogens is 773 g/mol. The highest BCUT2D eigenvalue weighted by Crippen LogP contribution is 2.56. The lowest BCUT2D eigenvalue weighted by molar-refractivity contribution is -0.136. The van der Waals surface area contributed by atoms with Gasteiger partial charge in [-0.1, -0.05) is 63.9 Å². The van der Waals surface area contributed by atoms with Crippen molar-refractivity contribution >= 4 is 24.0 Å². The lowest BCUT2D eigenvalue weighted by Gasteiger charge is -2.30. The number of alkyl carbamates (subject to hydrolysis) is 2. The number of methoxy groups -OCH3 is 2. The summed E-state index contributed by atoms with van der Waals surface area (Å²) in [6.07, 6.45) is 9.10. The Morgan fingerprint density at radius 3 is 1.80 bits per heavy atom. The van der Waals surface area contributed by atoms with E-state index in [0.29, 0.717) is 36.4 Å². The molecule has 2 aromatic carbocycles. The molecule has 0 radical (unpaired) electrons. The number of amides is 4. The first kappa shape index (κ1) is 41.6. The molecule has 4 aromatic rings. The van der Waals surface area contributed by atoms with Gasteiger partial charge in [0.25, 0.3) is 0 Å². The standard InChI is InChI=1S/C47H56N8O6/c1-26(2)40(52-46(58)60-5)44(56)54-21-7-9-36(54)42-48-24-33(50-42)19-17-30-18-20-34(39-32-16-15-31(23-32)38(30)39)28-11-13-29(14-12-28)35-25-49-43(51-35)37-10-8-22-55(37)45(57)41(27(3)4)53-47(59)61-6/h11-14,18,20,24-27,31-32,36-37,40-41H,7-10,15-16,21-23H2,1-6H3,(H,48,50)(H,49,51)(H,52,58)(H,53,59)/t31?,32?,36-,37-,40-,41+/m0/s1. The number of carbonyl (C=O) groups is 4. The minimum Gasteiger partial charge on any atom is -0.453 e. The van der Waals surface area contributed by atoms with Crippen LogP contribution in [0.1, 0.15) is 131 Å². The molecule has 6 atom stereocenters. The SMILES string of the molecule is COC(=O)N[C@H](C(=O)N1CCC[C@H]1c1ncc(C#Cc2ccc(-c3ccc(-c4cnc([C@@H]5CCCN5C(=O)[C@H](NC(=O)OC)C(C)C)[nH]4)cc3)c3c2C2CCC3C2)[nH]1)C(C)C. The van der Waals surface area contributed by atoms with Gasteiger partial charge >= 0.3 is 12.2 Å². The molecule has 2 bridgehead atoms. The van der Waals surface area contributed by atoms with Gasteiger partial charge in [0, 0.05) is 18.7 Å². The number of carbonyl (C=O) groups excluding carboxylic acids is 4. The molecular formula is C47H56N8O6. The fourth-order valence-electron chi connectivity index (χ4n) is 9.95. The third-order valence-electron chi connectivity index (χ3n) is 13.1. The van der Waals surface area contributed by atoms with Crippen molar-refractivity contribution in [2.45, 2.75) is 109 Å². The summed E-state index contributed by atoms with van der Waals surface area (Å²) in [6.45, 7) is 8.82. The van der Waals surface area contributed by atoms with Crippen LogP contribution in [0.2, 0.25) is 0 Å². The number of H-pyrrole nitrogens is 2. The fourth-order valence-corrected chi connectivity index (χ4v) is 9.95. The van der Waals surface area contributed by atoms with Crippen LogP contribution in [0.5, 0.6) is 0 Å². The van der Waals surface area contributed by atoms with Crippen molar-refractivity contribution in [1.29, 1.82) is 0 Å². The predicted octanol–water partition coefficient (Wildman–Crippen LogP) is 7.32. The van der Waals surface area contributed by atoms with Crippen LogP contribution in [0.3, 0.4) is 0 Å². The first-order valence-corrected chi connectivity index (χ1v) is 21.6. The Kier molecular flexibility index (Phi) is 11.9. The summed E-state index contributed by atoms with van der Waals surface area (Å²) in [6, 6.07) is 11.2. The van der Waals surface area contributed by atoms with Crippen LogP contribution in [-0.4, -0.2) is 93.1 Å². The molecule has 4 aliphatic rings. The molecule has 2 aliphatic carbocycles. The maximum atomic E-state index is 13.6. The monoisotopic (exact) mass is 828 g/mol. The molecule has 4 N–H and O–H groups in total. The number of ether oxygens (including phenoxy) is 2. The number of aromatic nitrogens is 4. The van der Waals surface area contributed by atoms with Gasteiger partial charge < -0.3 is 39.9 Å². The Morgan fingerprint density at radius 1 is 0.689 bits per heavy atom. The molecule has 0 spiro atoms. The summed E-state index contributed by atoms with van der Waals surface area (Å²) in [4.78, 5) is 71.2. The zero-order chi connectivity index (χ0) is 42.9. The molecule has 8 rings (SSSR count). The molecule has 3 fully saturated rings. The van der Waals surface area contributed by atoms with Gasteiger partial charge in [0.15, 0.2) is 0 Å². The highest BCUT2D eigenvalue weighted by Gasteiger charge is 2.41. The van der Waals surface area contributed by atoms with Crippen LogP contribution in [0.25, 0.3) is 22.4 Å². The third-order valence-corrected chi connectivity index (χ3v) is 13.1. The molecule has 4 heterocycles. The van der Waals surface area contributed by atoms with Gasteiger partial charge in [0.2, 0.25) is 11.8 Å². The van der Waals surface area contributed by atoms with Gasteiger partial charge in [-0.25, -0.2) is 19.6 Å². The summed E-state index contributed by atoms with van der Waals surface area (Å²) in [5.74, 6) is 8.79. The Hall–Kier alpha value is -6.10. The molecule has 14 heteroatoms. The normalized spacial score (nSPS) is 21.2. The minimum absolute atomic E-state index is 0.104. The quantitative estimate of drug-likeness (QED) is 0.120. The lowest BCUT2D eigenvalue weighted by atomic mass is 9.83. The molecule has 4 amide bonds. The van der Waals surface area contributed by atoms with Crippen molar-refractivity contribution in [3.8, 4) is 34.2 Å². The number of imidazole rings is 2. The highest BCUT2D eigenvalue weighted by molar-refractivity contribution is 5.87. The number of nitrogens with zero attached hydrogens (tertiary/aromatic N) is 4. The van der Waals surface area contributed by atoms with Crippen LogP contribution < -0.4 is 10.6 Å². The van der Waals surface area contributed by atoms with Crippen LogP contribution >= 0.6 is 0 Å². The Morgan fingerprint density at radius 2 is 1.23 bits per heavy atom. The zero-order valence-electron chi connectivity index (χ0n) is 35.8. The molecule has 1 saturated carbocycles. The van der Waals surface area contributed by atoms with Crippen molar-refractivity contribution in [1.82, 2.24) is 40.4 Å². The fraction of sp³-hybridized carbons (Fsp3) is 0.489. The lowest BCUT2D eigenvalue weighted by Crippen LogP contribution is -2.51. The van der Waals surface area contributed by atoms with Crippen LogP contribution in [0.15, 0.2) is 48.8 Å². The molecule has 61 heavy (non-hydrogen) atoms. The Bertz CT molecular complexity index is 2350. The van der Waals surface area contributed by atoms with Crippen molar-refractivity contribution in [2.75, 3.05) is 27.3 Å². The second-order valence-electron chi connectivity index (χ2n) is 17.5. The smallest absolute Gasteiger partial charge is 0.407 e. The average molecular weight is 829 g/mol. The number of benzene rings is 2. The molecule has 2 saturated heterocycles. The first-order chi connectivity index (χ1) is 29.4. The highest BCUT2D eigenvalue weighted by atomic mass is 16.5. The van der Waals surface area contributed by atoms with Gasteiger partial charge in [-0.2, -0.15) is 0 Å². The minimum atomic E-state index is -0.693. The maximum Gasteiger partial charge on any atom is 0.407 e. The average Bonchev–Trinajstić information content (AvgIpc) is 4.13. The van der Waals surface area contributed by atoms with E-state index in [4.69, 9.17) is 14.5 Å². The van der Waals surface area contributed by atoms with E-state index in [2.05, 4.69) is 73.8 Å². The van der Waals surface area contributed by atoms with E-state index in [1.165, 1.54) is 43.8 Å². The summed E-state index contributed by atoms with van der Waals surface area (Å²) < 4.78 is 9.56. The largest absolute Gasteiger partial charge is 0.453 e. The third kappa shape index (κ3) is 8.22. The van der Waals surface area contributed by atoms with Gasteiger partial charge in [0.1, 0.15) is 29.4 Å². The number of fused-ring (bicyclic) bond motifs is 5. The van der Waals surface area contributed by atoms with E-state index in [9.17, 15) is 19.2 Å². The second kappa shape index (κ2) is 17.5. The van der Waals surface area contributed by atoms with Gasteiger partial charge in [-0.05, 0) is 108 Å². The number of likely N-dealkylation sites (tertiary alicyclic amines) is 2. The predicted molar refractivity (Wildman–Crippen MR) is 229 cm³/mol. The molecule has 2 aromatic heterocycles. The number of aromatic amines is 2. The zero-order valence-corrected chi connectivity index (χ0v) is 35.8. The maximum absolute atomic E-state index is 13.6. The van der Waals surface area contributed by atoms with Crippen molar-refractivity contribution in [3.05, 3.63) is 82.8 Å². The first-order valence-electron chi connectivity index (χ1n) is 21.6. The topological polar surface area (TPSA) is 175 Å². The number of rotatable bonds is 10. The van der Waals surface area contributed by atoms with Crippen LogP contribution in [0.4, 0.5) is 9.59 Å². The van der Waals surface area contributed by atoms with Crippen molar-refractivity contribution in [3.63, 3.8) is 0 Å². The molecule has 2 unspecified atom stereocenters. The summed E-state index contributed by atoms with van der Waals surface area (Å²) >= 11 is 0. The van der Waals surface area contributed by atoms with E-state index in [-0.39, 0.29) is 35.7 Å². The Labute approximate surface area is 357 Å². The second-order valence-corrected chi connectivity index (χ2v) is 17.5. The number of hydrogen-bond acceptors (Lipinski definition) is 8. The van der Waals surface area contributed by atoms with E-state index < -0.39 is 24.3 Å².